The van der Waals surface area contributed by atoms with Crippen LogP contribution < -0.4 is 4.74 Å². The summed E-state index contributed by atoms with van der Waals surface area (Å²) in [6.07, 6.45) is 1.98. The predicted molar refractivity (Wildman–Crippen MR) is 151 cm³/mol. The molecule has 0 radical (unpaired) electrons. The molecule has 3 nitrogen and oxygen atoms in total. The third kappa shape index (κ3) is 5.49. The molecule has 2 heterocycles. The number of hydrogen-bond donors (Lipinski definition) is 0. The molecule has 0 amide bonds. The molecule has 6 heteroatoms. The molecule has 0 bridgehead atoms. The molecule has 0 aliphatic carbocycles. The summed E-state index contributed by atoms with van der Waals surface area (Å²) in [6.45, 7) is 2.73. The first-order valence-corrected chi connectivity index (χ1v) is 12.9. The van der Waals surface area contributed by atoms with Gasteiger partial charge in [-0.15, -0.1) is 0 Å². The average molecular weight is 534 g/mol. The van der Waals surface area contributed by atoms with Crippen molar-refractivity contribution >= 4 is 45.7 Å². The number of pyridine rings is 2. The van der Waals surface area contributed by atoms with E-state index in [2.05, 4.69) is 25.1 Å². The summed E-state index contributed by atoms with van der Waals surface area (Å²) in [7, 11) is 0. The van der Waals surface area contributed by atoms with Crippen LogP contribution in [0.4, 0.5) is 0 Å². The van der Waals surface area contributed by atoms with E-state index in [9.17, 15) is 0 Å². The van der Waals surface area contributed by atoms with Gasteiger partial charge in [-0.2, -0.15) is 0 Å². The lowest BCUT2D eigenvalue weighted by atomic mass is 9.99. The van der Waals surface area contributed by atoms with Crippen molar-refractivity contribution in [3.05, 3.63) is 100.0 Å². The topological polar surface area (TPSA) is 35.0 Å². The van der Waals surface area contributed by atoms with Gasteiger partial charge >= 0.3 is 0 Å². The summed E-state index contributed by atoms with van der Waals surface area (Å²) < 4.78 is 6.19. The van der Waals surface area contributed by atoms with Crippen LogP contribution in [0.15, 0.2) is 84.9 Å². The molecule has 0 saturated heterocycles. The van der Waals surface area contributed by atoms with E-state index in [1.165, 1.54) is 0 Å². The van der Waals surface area contributed by atoms with Crippen molar-refractivity contribution in [2.24, 2.45) is 0 Å². The second-order valence-electron chi connectivity index (χ2n) is 8.52. The van der Waals surface area contributed by atoms with E-state index in [4.69, 9.17) is 49.5 Å². The van der Waals surface area contributed by atoms with E-state index in [1.54, 1.807) is 0 Å². The van der Waals surface area contributed by atoms with Crippen molar-refractivity contribution in [1.29, 1.82) is 0 Å². The highest BCUT2D eigenvalue weighted by Crippen LogP contribution is 2.37. The minimum Gasteiger partial charge on any atom is -0.477 e. The monoisotopic (exact) mass is 532 g/mol. The van der Waals surface area contributed by atoms with Crippen LogP contribution in [0.3, 0.4) is 0 Å². The zero-order valence-corrected chi connectivity index (χ0v) is 21.9. The van der Waals surface area contributed by atoms with Gasteiger partial charge in [0.25, 0.3) is 0 Å². The zero-order chi connectivity index (χ0) is 25.1. The lowest BCUT2D eigenvalue weighted by molar-refractivity contribution is 0.300. The Morgan fingerprint density at radius 1 is 0.639 bits per heavy atom. The molecule has 0 aliphatic heterocycles. The lowest BCUT2D eigenvalue weighted by Gasteiger charge is -2.15. The molecule has 0 fully saturated rings. The largest absolute Gasteiger partial charge is 0.477 e. The molecule has 0 aliphatic rings. The molecule has 36 heavy (non-hydrogen) atoms. The van der Waals surface area contributed by atoms with E-state index >= 15 is 0 Å². The first-order chi connectivity index (χ1) is 17.5. The fourth-order valence-electron chi connectivity index (χ4n) is 3.98. The van der Waals surface area contributed by atoms with Crippen LogP contribution in [0.1, 0.15) is 19.8 Å². The molecule has 180 valence electrons. The van der Waals surface area contributed by atoms with Crippen LogP contribution in [0.2, 0.25) is 15.1 Å². The van der Waals surface area contributed by atoms with E-state index in [0.29, 0.717) is 27.6 Å². The van der Waals surface area contributed by atoms with Crippen molar-refractivity contribution in [2.45, 2.75) is 19.8 Å². The Labute approximate surface area is 225 Å². The van der Waals surface area contributed by atoms with E-state index < -0.39 is 0 Å². The Morgan fingerprint density at radius 3 is 1.81 bits per heavy atom. The summed E-state index contributed by atoms with van der Waals surface area (Å²) in [5.74, 6) is 0.591. The van der Waals surface area contributed by atoms with Gasteiger partial charge in [-0.3, -0.25) is 0 Å². The first-order valence-electron chi connectivity index (χ1n) is 11.8. The summed E-state index contributed by atoms with van der Waals surface area (Å²) >= 11 is 18.6. The van der Waals surface area contributed by atoms with Gasteiger partial charge in [-0.05, 0) is 72.6 Å². The predicted octanol–water partition coefficient (Wildman–Crippen LogP) is 9.77. The molecule has 3 aromatic carbocycles. The number of unbranched alkanes of at least 4 members (excludes halogenated alkanes) is 1. The number of fused-ring (bicyclic) bond motifs is 1. The maximum Gasteiger partial charge on any atom is 0.221 e. The SMILES string of the molecule is CCCCOc1nc2ccc(Cl)cc2cc1-c1cc(-c2ccc(Cl)cc2)nc(-c2ccc(Cl)cc2)c1. The second kappa shape index (κ2) is 10.9. The van der Waals surface area contributed by atoms with Gasteiger partial charge in [0.15, 0.2) is 0 Å². The average Bonchev–Trinajstić information content (AvgIpc) is 2.89. The van der Waals surface area contributed by atoms with Gasteiger partial charge in [-0.25, -0.2) is 9.97 Å². The number of aromatic nitrogens is 2. The summed E-state index contributed by atoms with van der Waals surface area (Å²) in [6, 6.07) is 27.2. The van der Waals surface area contributed by atoms with Crippen molar-refractivity contribution < 1.29 is 4.74 Å². The number of hydrogen-bond acceptors (Lipinski definition) is 3. The van der Waals surface area contributed by atoms with Gasteiger partial charge < -0.3 is 4.74 Å². The number of rotatable bonds is 7. The molecular formula is C30H23Cl3N2O. The second-order valence-corrected chi connectivity index (χ2v) is 9.83. The first kappa shape index (κ1) is 24.6. The maximum atomic E-state index is 6.30. The number of benzene rings is 3. The smallest absolute Gasteiger partial charge is 0.221 e. The molecular weight excluding hydrogens is 511 g/mol. The summed E-state index contributed by atoms with van der Waals surface area (Å²) in [5, 5.41) is 2.96. The van der Waals surface area contributed by atoms with Crippen LogP contribution >= 0.6 is 34.8 Å². The summed E-state index contributed by atoms with van der Waals surface area (Å²) in [5.41, 5.74) is 6.22. The third-order valence-corrected chi connectivity index (χ3v) is 6.63. The van der Waals surface area contributed by atoms with E-state index in [1.807, 2.05) is 66.7 Å². The van der Waals surface area contributed by atoms with Crippen LogP contribution in [0.5, 0.6) is 5.88 Å². The lowest BCUT2D eigenvalue weighted by Crippen LogP contribution is -2.01. The van der Waals surface area contributed by atoms with Crippen LogP contribution in [0.25, 0.3) is 44.5 Å². The van der Waals surface area contributed by atoms with Gasteiger partial charge in [0.2, 0.25) is 5.88 Å². The third-order valence-electron chi connectivity index (χ3n) is 5.89. The maximum absolute atomic E-state index is 6.30. The van der Waals surface area contributed by atoms with Crippen LogP contribution in [-0.2, 0) is 0 Å². The Bertz CT molecular complexity index is 1450. The van der Waals surface area contributed by atoms with Crippen LogP contribution in [-0.4, -0.2) is 16.6 Å². The molecule has 0 saturated carbocycles. The van der Waals surface area contributed by atoms with Gasteiger partial charge in [0.05, 0.1) is 23.5 Å². The number of ether oxygens (including phenoxy) is 1. The fraction of sp³-hybridized carbons (Fsp3) is 0.133. The Morgan fingerprint density at radius 2 is 1.22 bits per heavy atom. The van der Waals surface area contributed by atoms with Crippen molar-refractivity contribution in [3.8, 4) is 39.5 Å². The molecule has 2 aromatic heterocycles. The normalized spacial score (nSPS) is 11.1. The quantitative estimate of drug-likeness (QED) is 0.195. The molecule has 0 N–H and O–H groups in total. The molecule has 5 aromatic rings. The molecule has 0 spiro atoms. The Kier molecular flexibility index (Phi) is 7.43. The van der Waals surface area contributed by atoms with Crippen molar-refractivity contribution in [1.82, 2.24) is 9.97 Å². The molecule has 5 rings (SSSR count). The minimum atomic E-state index is 0.591. The van der Waals surface area contributed by atoms with Gasteiger partial charge in [0.1, 0.15) is 0 Å². The van der Waals surface area contributed by atoms with Crippen molar-refractivity contribution in [2.75, 3.05) is 6.61 Å². The summed E-state index contributed by atoms with van der Waals surface area (Å²) in [4.78, 5) is 9.83. The van der Waals surface area contributed by atoms with Gasteiger partial charge in [-0.1, -0.05) is 72.4 Å². The Balaban J connectivity index is 1.72. The van der Waals surface area contributed by atoms with E-state index in [0.717, 1.165) is 57.4 Å². The van der Waals surface area contributed by atoms with Crippen LogP contribution in [0, 0.1) is 0 Å². The standard InChI is InChI=1S/C30H23Cl3N2O/c1-2-3-14-36-30-26(16-22-15-25(33)12-13-27(22)35-30)21-17-28(19-4-8-23(31)9-5-19)34-29(18-21)20-6-10-24(32)11-7-20/h4-13,15-18H,2-3,14H2,1H3. The minimum absolute atomic E-state index is 0.591. The zero-order valence-electron chi connectivity index (χ0n) is 19.6. The van der Waals surface area contributed by atoms with E-state index in [-0.39, 0.29) is 0 Å². The van der Waals surface area contributed by atoms with Crippen molar-refractivity contribution in [3.63, 3.8) is 0 Å². The highest BCUT2D eigenvalue weighted by molar-refractivity contribution is 6.31. The highest BCUT2D eigenvalue weighted by Gasteiger charge is 2.15. The molecule has 0 unspecified atom stereocenters. The number of halogens is 3. The van der Waals surface area contributed by atoms with Gasteiger partial charge in [0, 0.05) is 37.1 Å². The highest BCUT2D eigenvalue weighted by atomic mass is 35.5. The number of nitrogens with zero attached hydrogens (tertiary/aromatic N) is 2. The fourth-order valence-corrected chi connectivity index (χ4v) is 4.42. The Hall–Kier alpha value is -3.11. The molecule has 0 atom stereocenters.